The van der Waals surface area contributed by atoms with Gasteiger partial charge in [0, 0.05) is 37.8 Å². The van der Waals surface area contributed by atoms with Gasteiger partial charge < -0.3 is 5.32 Å². The number of nitrogens with zero attached hydrogens (tertiary/aromatic N) is 2. The Morgan fingerprint density at radius 2 is 2.11 bits per heavy atom. The SMILES string of the molecule is CCC1CCNC(CN2CC3CCCN3CC2C)C1. The van der Waals surface area contributed by atoms with Crippen molar-refractivity contribution in [1.82, 2.24) is 15.1 Å². The van der Waals surface area contributed by atoms with E-state index >= 15 is 0 Å². The van der Waals surface area contributed by atoms with Gasteiger partial charge >= 0.3 is 0 Å². The van der Waals surface area contributed by atoms with Crippen molar-refractivity contribution in [2.75, 3.05) is 32.7 Å². The van der Waals surface area contributed by atoms with E-state index in [1.807, 2.05) is 0 Å². The molecule has 3 aliphatic rings. The van der Waals surface area contributed by atoms with Crippen LogP contribution >= 0.6 is 0 Å². The third kappa shape index (κ3) is 3.14. The average Bonchev–Trinajstić information content (AvgIpc) is 2.86. The largest absolute Gasteiger partial charge is 0.313 e. The first kappa shape index (κ1) is 13.8. The van der Waals surface area contributed by atoms with Crippen molar-refractivity contribution in [1.29, 1.82) is 0 Å². The molecule has 0 aromatic heterocycles. The third-order valence-corrected chi connectivity index (χ3v) is 5.70. The van der Waals surface area contributed by atoms with Crippen LogP contribution in [0.1, 0.15) is 46.0 Å². The normalized spacial score (nSPS) is 41.4. The van der Waals surface area contributed by atoms with Crippen LogP contribution < -0.4 is 5.32 Å². The predicted molar refractivity (Wildman–Crippen MR) is 80.4 cm³/mol. The molecular formula is C16H31N3. The van der Waals surface area contributed by atoms with Crippen LogP contribution in [0.3, 0.4) is 0 Å². The van der Waals surface area contributed by atoms with Crippen molar-refractivity contribution >= 4 is 0 Å². The zero-order valence-electron chi connectivity index (χ0n) is 12.8. The Bertz CT molecular complexity index is 294. The fourth-order valence-electron chi connectivity index (χ4n) is 4.39. The Morgan fingerprint density at radius 3 is 2.95 bits per heavy atom. The number of hydrogen-bond donors (Lipinski definition) is 1. The number of nitrogens with one attached hydrogen (secondary N) is 1. The zero-order chi connectivity index (χ0) is 13.2. The molecule has 4 atom stereocenters. The summed E-state index contributed by atoms with van der Waals surface area (Å²) in [6, 6.07) is 2.36. The van der Waals surface area contributed by atoms with Gasteiger partial charge in [0.2, 0.25) is 0 Å². The minimum Gasteiger partial charge on any atom is -0.313 e. The molecule has 3 saturated heterocycles. The first-order chi connectivity index (χ1) is 9.26. The number of fused-ring (bicyclic) bond motifs is 1. The molecule has 3 heteroatoms. The molecule has 3 rings (SSSR count). The molecule has 0 aromatic rings. The van der Waals surface area contributed by atoms with Gasteiger partial charge in [-0.15, -0.1) is 0 Å². The van der Waals surface area contributed by atoms with Crippen molar-refractivity contribution in [2.45, 2.75) is 64.1 Å². The fourth-order valence-corrected chi connectivity index (χ4v) is 4.39. The molecule has 0 amide bonds. The first-order valence-corrected chi connectivity index (χ1v) is 8.47. The number of hydrogen-bond acceptors (Lipinski definition) is 3. The van der Waals surface area contributed by atoms with Crippen molar-refractivity contribution in [3.63, 3.8) is 0 Å². The summed E-state index contributed by atoms with van der Waals surface area (Å²) in [6.45, 7) is 11.3. The molecule has 3 nitrogen and oxygen atoms in total. The first-order valence-electron chi connectivity index (χ1n) is 8.47. The second-order valence-electron chi connectivity index (χ2n) is 7.04. The van der Waals surface area contributed by atoms with E-state index in [0.29, 0.717) is 0 Å². The highest BCUT2D eigenvalue weighted by Gasteiger charge is 2.35. The van der Waals surface area contributed by atoms with Gasteiger partial charge in [-0.2, -0.15) is 0 Å². The Balaban J connectivity index is 1.53. The van der Waals surface area contributed by atoms with Crippen LogP contribution in [0.2, 0.25) is 0 Å². The predicted octanol–water partition coefficient (Wildman–Crippen LogP) is 1.93. The highest BCUT2D eigenvalue weighted by atomic mass is 15.3. The highest BCUT2D eigenvalue weighted by Crippen LogP contribution is 2.26. The maximum absolute atomic E-state index is 3.76. The van der Waals surface area contributed by atoms with Gasteiger partial charge in [0.25, 0.3) is 0 Å². The number of rotatable bonds is 3. The molecule has 19 heavy (non-hydrogen) atoms. The summed E-state index contributed by atoms with van der Waals surface area (Å²) in [5.74, 6) is 0.967. The minimum absolute atomic E-state index is 0.745. The van der Waals surface area contributed by atoms with E-state index < -0.39 is 0 Å². The lowest BCUT2D eigenvalue weighted by atomic mass is 9.90. The van der Waals surface area contributed by atoms with Gasteiger partial charge in [-0.25, -0.2) is 0 Å². The van der Waals surface area contributed by atoms with Crippen LogP contribution in [0.15, 0.2) is 0 Å². The molecule has 0 aromatic carbocycles. The average molecular weight is 265 g/mol. The zero-order valence-corrected chi connectivity index (χ0v) is 12.8. The van der Waals surface area contributed by atoms with Crippen molar-refractivity contribution in [3.8, 4) is 0 Å². The van der Waals surface area contributed by atoms with Crippen molar-refractivity contribution in [3.05, 3.63) is 0 Å². The molecular weight excluding hydrogens is 234 g/mol. The summed E-state index contributed by atoms with van der Waals surface area (Å²) >= 11 is 0. The molecule has 4 unspecified atom stereocenters. The third-order valence-electron chi connectivity index (χ3n) is 5.70. The summed E-state index contributed by atoms with van der Waals surface area (Å²) in [5.41, 5.74) is 0. The molecule has 110 valence electrons. The quantitative estimate of drug-likeness (QED) is 0.841. The monoisotopic (exact) mass is 265 g/mol. The van der Waals surface area contributed by atoms with E-state index in [-0.39, 0.29) is 0 Å². The second-order valence-corrected chi connectivity index (χ2v) is 7.04. The molecule has 3 aliphatic heterocycles. The molecule has 0 spiro atoms. The molecule has 1 N–H and O–H groups in total. The topological polar surface area (TPSA) is 18.5 Å². The van der Waals surface area contributed by atoms with Gasteiger partial charge in [0.05, 0.1) is 0 Å². The van der Waals surface area contributed by atoms with Crippen LogP contribution in [-0.2, 0) is 0 Å². The molecule has 0 bridgehead atoms. The van der Waals surface area contributed by atoms with Crippen molar-refractivity contribution < 1.29 is 0 Å². The van der Waals surface area contributed by atoms with Crippen LogP contribution in [0.5, 0.6) is 0 Å². The van der Waals surface area contributed by atoms with E-state index in [1.165, 1.54) is 64.8 Å². The van der Waals surface area contributed by atoms with Crippen LogP contribution in [0, 0.1) is 5.92 Å². The minimum atomic E-state index is 0.745. The lowest BCUT2D eigenvalue weighted by Crippen LogP contribution is -2.58. The molecule has 0 aliphatic carbocycles. The van der Waals surface area contributed by atoms with E-state index in [4.69, 9.17) is 0 Å². The molecule has 0 radical (unpaired) electrons. The maximum Gasteiger partial charge on any atom is 0.0224 e. The Hall–Kier alpha value is -0.120. The Labute approximate surface area is 118 Å². The van der Waals surface area contributed by atoms with E-state index in [9.17, 15) is 0 Å². The maximum atomic E-state index is 3.76. The smallest absolute Gasteiger partial charge is 0.0224 e. The van der Waals surface area contributed by atoms with Crippen LogP contribution in [-0.4, -0.2) is 60.6 Å². The van der Waals surface area contributed by atoms with E-state index in [1.54, 1.807) is 0 Å². The van der Waals surface area contributed by atoms with Crippen LogP contribution in [0.4, 0.5) is 0 Å². The van der Waals surface area contributed by atoms with E-state index in [0.717, 1.165) is 24.0 Å². The van der Waals surface area contributed by atoms with Gasteiger partial charge in [0.1, 0.15) is 0 Å². The summed E-state index contributed by atoms with van der Waals surface area (Å²) in [7, 11) is 0. The highest BCUT2D eigenvalue weighted by molar-refractivity contribution is 4.92. The summed E-state index contributed by atoms with van der Waals surface area (Å²) < 4.78 is 0. The van der Waals surface area contributed by atoms with Gasteiger partial charge in [0.15, 0.2) is 0 Å². The summed E-state index contributed by atoms with van der Waals surface area (Å²) in [5, 5.41) is 3.76. The molecule has 3 heterocycles. The standard InChI is InChI=1S/C16H31N3/c1-3-14-6-7-17-15(9-14)11-19-12-16-5-4-8-18(16)10-13(19)2/h13-17H,3-12H2,1-2H3. The van der Waals surface area contributed by atoms with Crippen LogP contribution in [0.25, 0.3) is 0 Å². The Morgan fingerprint density at radius 1 is 1.21 bits per heavy atom. The van der Waals surface area contributed by atoms with Crippen molar-refractivity contribution in [2.24, 2.45) is 5.92 Å². The number of piperidine rings is 1. The second kappa shape index (κ2) is 6.11. The summed E-state index contributed by atoms with van der Waals surface area (Å²) in [4.78, 5) is 5.49. The molecule has 0 saturated carbocycles. The summed E-state index contributed by atoms with van der Waals surface area (Å²) in [6.07, 6.45) is 7.00. The number of piperazine rings is 1. The molecule has 3 fully saturated rings. The van der Waals surface area contributed by atoms with Gasteiger partial charge in [-0.3, -0.25) is 9.80 Å². The van der Waals surface area contributed by atoms with E-state index in [2.05, 4.69) is 29.0 Å². The Kier molecular flexibility index (Phi) is 4.45. The lowest BCUT2D eigenvalue weighted by Gasteiger charge is -2.44. The fraction of sp³-hybridized carbons (Fsp3) is 1.00. The van der Waals surface area contributed by atoms with Gasteiger partial charge in [-0.1, -0.05) is 13.3 Å². The lowest BCUT2D eigenvalue weighted by molar-refractivity contribution is 0.0475. The van der Waals surface area contributed by atoms with Gasteiger partial charge in [-0.05, 0) is 51.6 Å².